The van der Waals surface area contributed by atoms with Gasteiger partial charge in [-0.1, -0.05) is 23.7 Å². The van der Waals surface area contributed by atoms with Crippen LogP contribution in [-0.2, 0) is 11.3 Å². The molecule has 1 atom stereocenters. The van der Waals surface area contributed by atoms with Crippen LogP contribution in [0.5, 0.6) is 0 Å². The largest absolute Gasteiger partial charge is 0.388 e. The van der Waals surface area contributed by atoms with Crippen LogP contribution in [0, 0.1) is 0 Å². The van der Waals surface area contributed by atoms with Gasteiger partial charge in [-0.3, -0.25) is 4.90 Å². The summed E-state index contributed by atoms with van der Waals surface area (Å²) in [6.45, 7) is 7.15. The summed E-state index contributed by atoms with van der Waals surface area (Å²) >= 11 is 5.85. The Bertz CT molecular complexity index is 403. The summed E-state index contributed by atoms with van der Waals surface area (Å²) < 4.78 is 5.31. The van der Waals surface area contributed by atoms with Crippen LogP contribution >= 0.6 is 11.6 Å². The van der Waals surface area contributed by atoms with Crippen LogP contribution in [0.1, 0.15) is 12.5 Å². The van der Waals surface area contributed by atoms with Gasteiger partial charge in [0.1, 0.15) is 0 Å². The number of benzene rings is 1. The predicted molar refractivity (Wildman–Crippen MR) is 81.0 cm³/mol. The van der Waals surface area contributed by atoms with Crippen molar-refractivity contribution in [3.8, 4) is 0 Å². The molecule has 0 spiro atoms. The summed E-state index contributed by atoms with van der Waals surface area (Å²) in [6.07, 6.45) is 0. The van der Waals surface area contributed by atoms with Crippen molar-refractivity contribution < 1.29 is 9.84 Å². The molecule has 0 radical (unpaired) electrons. The van der Waals surface area contributed by atoms with Gasteiger partial charge in [-0.15, -0.1) is 0 Å². The molecule has 2 N–H and O–H groups in total. The Balaban J connectivity index is 1.72. The monoisotopic (exact) mass is 298 g/mol. The molecule has 1 saturated heterocycles. The van der Waals surface area contributed by atoms with Crippen molar-refractivity contribution in [3.63, 3.8) is 0 Å². The van der Waals surface area contributed by atoms with Crippen molar-refractivity contribution in [2.24, 2.45) is 0 Å². The Kier molecular flexibility index (Phi) is 5.81. The van der Waals surface area contributed by atoms with Crippen molar-refractivity contribution in [2.75, 3.05) is 39.4 Å². The van der Waals surface area contributed by atoms with Crippen LogP contribution in [0.3, 0.4) is 0 Å². The summed E-state index contributed by atoms with van der Waals surface area (Å²) in [5, 5.41) is 14.5. The van der Waals surface area contributed by atoms with Crippen molar-refractivity contribution in [3.05, 3.63) is 34.9 Å². The van der Waals surface area contributed by atoms with E-state index in [-0.39, 0.29) is 0 Å². The van der Waals surface area contributed by atoms with Crippen LogP contribution in [0.4, 0.5) is 0 Å². The molecule has 1 unspecified atom stereocenters. The second-order valence-electron chi connectivity index (χ2n) is 5.62. The van der Waals surface area contributed by atoms with Crippen LogP contribution in [0.2, 0.25) is 5.02 Å². The van der Waals surface area contributed by atoms with E-state index in [4.69, 9.17) is 16.3 Å². The first kappa shape index (κ1) is 15.7. The lowest BCUT2D eigenvalue weighted by molar-refractivity contribution is -0.0219. The molecule has 0 aliphatic carbocycles. The van der Waals surface area contributed by atoms with Gasteiger partial charge in [-0.25, -0.2) is 0 Å². The number of nitrogens with zero attached hydrogens (tertiary/aromatic N) is 1. The Hall–Kier alpha value is -0.650. The number of aliphatic hydroxyl groups is 1. The minimum absolute atomic E-state index is 0.562. The average molecular weight is 299 g/mol. The van der Waals surface area contributed by atoms with E-state index in [0.29, 0.717) is 13.1 Å². The summed E-state index contributed by atoms with van der Waals surface area (Å²) in [5.74, 6) is 0. The molecule has 1 aromatic carbocycles. The number of nitrogens with one attached hydrogen (secondary N) is 1. The van der Waals surface area contributed by atoms with Crippen molar-refractivity contribution in [2.45, 2.75) is 19.1 Å². The topological polar surface area (TPSA) is 44.7 Å². The molecule has 0 bridgehead atoms. The van der Waals surface area contributed by atoms with Crippen LogP contribution < -0.4 is 5.32 Å². The van der Waals surface area contributed by atoms with Crippen LogP contribution in [0.15, 0.2) is 24.3 Å². The molecule has 2 rings (SSSR count). The number of ether oxygens (including phenoxy) is 1. The standard InChI is InChI=1S/C15H23ClN2O2/c1-15(19,12-18-6-8-20-9-7-18)11-17-10-13-2-4-14(16)5-3-13/h2-5,17,19H,6-12H2,1H3. The summed E-state index contributed by atoms with van der Waals surface area (Å²) in [7, 11) is 0. The molecular weight excluding hydrogens is 276 g/mol. The highest BCUT2D eigenvalue weighted by atomic mass is 35.5. The summed E-state index contributed by atoms with van der Waals surface area (Å²) in [4.78, 5) is 2.24. The number of rotatable bonds is 6. The van der Waals surface area contributed by atoms with E-state index in [1.807, 2.05) is 31.2 Å². The Morgan fingerprint density at radius 3 is 2.60 bits per heavy atom. The molecule has 1 fully saturated rings. The third-order valence-corrected chi connectivity index (χ3v) is 3.67. The maximum atomic E-state index is 10.4. The van der Waals surface area contributed by atoms with Gasteiger partial charge in [-0.05, 0) is 24.6 Å². The van der Waals surface area contributed by atoms with Gasteiger partial charge in [0, 0.05) is 37.7 Å². The summed E-state index contributed by atoms with van der Waals surface area (Å²) in [6, 6.07) is 7.74. The minimum Gasteiger partial charge on any atom is -0.388 e. The molecular formula is C15H23ClN2O2. The summed E-state index contributed by atoms with van der Waals surface area (Å²) in [5.41, 5.74) is 0.431. The quantitative estimate of drug-likeness (QED) is 0.836. The molecule has 1 heterocycles. The molecule has 5 heteroatoms. The van der Waals surface area contributed by atoms with Crippen molar-refractivity contribution in [1.29, 1.82) is 0 Å². The Morgan fingerprint density at radius 1 is 1.30 bits per heavy atom. The second kappa shape index (κ2) is 7.38. The highest BCUT2D eigenvalue weighted by molar-refractivity contribution is 6.30. The molecule has 1 aromatic rings. The van der Waals surface area contributed by atoms with Gasteiger partial charge in [0.25, 0.3) is 0 Å². The number of β-amino-alcohol motifs (C(OH)–C–C–N with tert-alkyl or cyclic N) is 1. The molecule has 0 aromatic heterocycles. The minimum atomic E-state index is -0.732. The zero-order valence-corrected chi connectivity index (χ0v) is 12.7. The lowest BCUT2D eigenvalue weighted by Gasteiger charge is -2.34. The van der Waals surface area contributed by atoms with Gasteiger partial charge < -0.3 is 15.2 Å². The van der Waals surface area contributed by atoms with Gasteiger partial charge in [-0.2, -0.15) is 0 Å². The Morgan fingerprint density at radius 2 is 1.95 bits per heavy atom. The third-order valence-electron chi connectivity index (χ3n) is 3.42. The zero-order valence-electron chi connectivity index (χ0n) is 11.9. The van der Waals surface area contributed by atoms with Gasteiger partial charge in [0.05, 0.1) is 18.8 Å². The Labute approximate surface area is 125 Å². The van der Waals surface area contributed by atoms with Gasteiger partial charge >= 0.3 is 0 Å². The number of hydrogen-bond donors (Lipinski definition) is 2. The number of hydrogen-bond acceptors (Lipinski definition) is 4. The van der Waals surface area contributed by atoms with Crippen molar-refractivity contribution >= 4 is 11.6 Å². The third kappa shape index (κ3) is 5.38. The normalized spacial score (nSPS) is 19.8. The number of morpholine rings is 1. The molecule has 0 saturated carbocycles. The molecule has 4 nitrogen and oxygen atoms in total. The first-order valence-electron chi connectivity index (χ1n) is 7.03. The van der Waals surface area contributed by atoms with E-state index < -0.39 is 5.60 Å². The van der Waals surface area contributed by atoms with E-state index >= 15 is 0 Å². The van der Waals surface area contributed by atoms with Crippen LogP contribution in [0.25, 0.3) is 0 Å². The lowest BCUT2D eigenvalue weighted by atomic mass is 10.1. The fourth-order valence-electron chi connectivity index (χ4n) is 2.38. The molecule has 1 aliphatic heterocycles. The SMILES string of the molecule is CC(O)(CNCc1ccc(Cl)cc1)CN1CCOCC1. The first-order valence-corrected chi connectivity index (χ1v) is 7.41. The van der Waals surface area contributed by atoms with E-state index in [2.05, 4.69) is 10.2 Å². The molecule has 112 valence electrons. The van der Waals surface area contributed by atoms with E-state index in [1.54, 1.807) is 0 Å². The maximum absolute atomic E-state index is 10.4. The molecule has 1 aliphatic rings. The number of halogens is 1. The smallest absolute Gasteiger partial charge is 0.0869 e. The maximum Gasteiger partial charge on any atom is 0.0869 e. The van der Waals surface area contributed by atoms with E-state index in [9.17, 15) is 5.11 Å². The first-order chi connectivity index (χ1) is 9.55. The predicted octanol–water partition coefficient (Wildman–Crippen LogP) is 1.51. The average Bonchev–Trinajstić information content (AvgIpc) is 2.41. The lowest BCUT2D eigenvalue weighted by Crippen LogP contribution is -2.50. The molecule has 0 amide bonds. The highest BCUT2D eigenvalue weighted by Crippen LogP contribution is 2.10. The zero-order chi connectivity index (χ0) is 14.4. The van der Waals surface area contributed by atoms with Crippen LogP contribution in [-0.4, -0.2) is 55.0 Å². The second-order valence-corrected chi connectivity index (χ2v) is 6.05. The van der Waals surface area contributed by atoms with E-state index in [1.165, 1.54) is 0 Å². The fraction of sp³-hybridized carbons (Fsp3) is 0.600. The highest BCUT2D eigenvalue weighted by Gasteiger charge is 2.24. The molecule has 20 heavy (non-hydrogen) atoms. The fourth-order valence-corrected chi connectivity index (χ4v) is 2.50. The van der Waals surface area contributed by atoms with Gasteiger partial charge in [0.2, 0.25) is 0 Å². The van der Waals surface area contributed by atoms with Crippen molar-refractivity contribution in [1.82, 2.24) is 10.2 Å². The van der Waals surface area contributed by atoms with E-state index in [0.717, 1.165) is 43.4 Å². The van der Waals surface area contributed by atoms with Gasteiger partial charge in [0.15, 0.2) is 0 Å².